The summed E-state index contributed by atoms with van der Waals surface area (Å²) in [6.07, 6.45) is 0. The minimum Gasteiger partial charge on any atom is -0.393 e. The summed E-state index contributed by atoms with van der Waals surface area (Å²) in [7, 11) is 0. The zero-order chi connectivity index (χ0) is 14.7. The molecule has 1 amide bonds. The topological polar surface area (TPSA) is 55.1 Å². The highest BCUT2D eigenvalue weighted by Gasteiger charge is 2.26. The van der Waals surface area contributed by atoms with Crippen molar-refractivity contribution in [2.75, 3.05) is 5.32 Å². The standard InChI is InChI=1S/C12H13F3N2OS/c1-5(2)10(11(16)19)12(18)17-9-4-7(14)6(13)3-8(9)15/h3-5,10H,1-2H3,(H2,16,19)(H,17,18). The lowest BCUT2D eigenvalue weighted by molar-refractivity contribution is -0.118. The number of amides is 1. The van der Waals surface area contributed by atoms with E-state index in [1.54, 1.807) is 13.8 Å². The molecule has 3 N–H and O–H groups in total. The van der Waals surface area contributed by atoms with Crippen molar-refractivity contribution in [1.82, 2.24) is 0 Å². The van der Waals surface area contributed by atoms with Crippen LogP contribution in [0, 0.1) is 29.3 Å². The Balaban J connectivity index is 2.99. The van der Waals surface area contributed by atoms with Crippen molar-refractivity contribution in [2.24, 2.45) is 17.6 Å². The van der Waals surface area contributed by atoms with Crippen LogP contribution >= 0.6 is 12.2 Å². The summed E-state index contributed by atoms with van der Waals surface area (Å²) < 4.78 is 39.1. The summed E-state index contributed by atoms with van der Waals surface area (Å²) in [4.78, 5) is 11.8. The van der Waals surface area contributed by atoms with Gasteiger partial charge in [-0.25, -0.2) is 13.2 Å². The second-order valence-electron chi connectivity index (χ2n) is 4.36. The number of carbonyl (C=O) groups excluding carboxylic acids is 1. The number of nitrogens with one attached hydrogen (secondary N) is 1. The van der Waals surface area contributed by atoms with Crippen molar-refractivity contribution in [3.05, 3.63) is 29.6 Å². The van der Waals surface area contributed by atoms with E-state index in [9.17, 15) is 18.0 Å². The summed E-state index contributed by atoms with van der Waals surface area (Å²) in [6.45, 7) is 3.43. The van der Waals surface area contributed by atoms with E-state index >= 15 is 0 Å². The van der Waals surface area contributed by atoms with Crippen molar-refractivity contribution >= 4 is 28.8 Å². The van der Waals surface area contributed by atoms with E-state index in [-0.39, 0.29) is 10.9 Å². The molecule has 3 nitrogen and oxygen atoms in total. The average molecular weight is 290 g/mol. The molecule has 0 saturated carbocycles. The monoisotopic (exact) mass is 290 g/mol. The molecule has 1 rings (SSSR count). The van der Waals surface area contributed by atoms with Crippen molar-refractivity contribution in [3.63, 3.8) is 0 Å². The van der Waals surface area contributed by atoms with E-state index in [1.165, 1.54) is 0 Å². The molecule has 19 heavy (non-hydrogen) atoms. The van der Waals surface area contributed by atoms with E-state index in [0.717, 1.165) is 0 Å². The van der Waals surface area contributed by atoms with Crippen LogP contribution in [0.1, 0.15) is 13.8 Å². The molecule has 0 heterocycles. The molecule has 1 unspecified atom stereocenters. The quantitative estimate of drug-likeness (QED) is 0.662. The van der Waals surface area contributed by atoms with E-state index < -0.39 is 35.0 Å². The van der Waals surface area contributed by atoms with Crippen molar-refractivity contribution in [2.45, 2.75) is 13.8 Å². The minimum absolute atomic E-state index is 0.0458. The van der Waals surface area contributed by atoms with Crippen LogP contribution in [0.15, 0.2) is 12.1 Å². The second-order valence-corrected chi connectivity index (χ2v) is 4.83. The molecule has 0 saturated heterocycles. The smallest absolute Gasteiger partial charge is 0.234 e. The zero-order valence-electron chi connectivity index (χ0n) is 10.3. The van der Waals surface area contributed by atoms with Crippen LogP contribution in [-0.2, 0) is 4.79 Å². The SMILES string of the molecule is CC(C)C(C(=O)Nc1cc(F)c(F)cc1F)C(N)=S. The molecule has 1 aromatic carbocycles. The Labute approximate surface area is 114 Å². The van der Waals surface area contributed by atoms with Crippen molar-refractivity contribution in [3.8, 4) is 0 Å². The lowest BCUT2D eigenvalue weighted by atomic mass is 9.95. The normalized spacial score (nSPS) is 12.3. The summed E-state index contributed by atoms with van der Waals surface area (Å²) in [5.74, 6) is -5.34. The highest BCUT2D eigenvalue weighted by molar-refractivity contribution is 7.80. The van der Waals surface area contributed by atoms with Crippen LogP contribution in [0.25, 0.3) is 0 Å². The number of hydrogen-bond donors (Lipinski definition) is 2. The predicted molar refractivity (Wildman–Crippen MR) is 70.1 cm³/mol. The van der Waals surface area contributed by atoms with E-state index in [2.05, 4.69) is 5.32 Å². The molecule has 0 fully saturated rings. The average Bonchev–Trinajstić information content (AvgIpc) is 2.24. The number of hydrogen-bond acceptors (Lipinski definition) is 2. The van der Waals surface area contributed by atoms with Gasteiger partial charge in [-0.3, -0.25) is 4.79 Å². The van der Waals surface area contributed by atoms with E-state index in [4.69, 9.17) is 18.0 Å². The number of benzene rings is 1. The predicted octanol–water partition coefficient (Wildman–Crippen LogP) is 2.60. The van der Waals surface area contributed by atoms with Gasteiger partial charge in [-0.2, -0.15) is 0 Å². The largest absolute Gasteiger partial charge is 0.393 e. The third-order valence-electron chi connectivity index (χ3n) is 2.52. The Kier molecular flexibility index (Phi) is 4.88. The molecule has 0 aliphatic carbocycles. The highest BCUT2D eigenvalue weighted by Crippen LogP contribution is 2.21. The maximum atomic E-state index is 13.4. The van der Waals surface area contributed by atoms with Crippen LogP contribution in [0.2, 0.25) is 0 Å². The van der Waals surface area contributed by atoms with Crippen LogP contribution < -0.4 is 11.1 Å². The molecule has 104 valence electrons. The Morgan fingerprint density at radius 1 is 1.21 bits per heavy atom. The summed E-state index contributed by atoms with van der Waals surface area (Å²) >= 11 is 4.75. The lowest BCUT2D eigenvalue weighted by Crippen LogP contribution is -2.37. The Hall–Kier alpha value is -1.63. The third kappa shape index (κ3) is 3.66. The number of carbonyl (C=O) groups is 1. The molecule has 0 radical (unpaired) electrons. The first-order chi connectivity index (χ1) is 8.73. The van der Waals surface area contributed by atoms with Gasteiger partial charge in [0.25, 0.3) is 0 Å². The molecule has 0 spiro atoms. The Bertz CT molecular complexity index is 520. The van der Waals surface area contributed by atoms with Gasteiger partial charge in [-0.15, -0.1) is 0 Å². The number of rotatable bonds is 4. The molecule has 0 aromatic heterocycles. The van der Waals surface area contributed by atoms with Gasteiger partial charge in [0.15, 0.2) is 11.6 Å². The van der Waals surface area contributed by atoms with E-state index in [1.807, 2.05) is 0 Å². The summed E-state index contributed by atoms with van der Waals surface area (Å²) in [5, 5.41) is 2.15. The molecule has 0 aliphatic heterocycles. The number of anilines is 1. The van der Waals surface area contributed by atoms with Crippen LogP contribution in [0.4, 0.5) is 18.9 Å². The molecule has 7 heteroatoms. The van der Waals surface area contributed by atoms with Gasteiger partial charge < -0.3 is 11.1 Å². The molecule has 0 bridgehead atoms. The third-order valence-corrected chi connectivity index (χ3v) is 2.78. The second kappa shape index (κ2) is 6.01. The number of thiocarbonyl (C=S) groups is 1. The number of halogens is 3. The van der Waals surface area contributed by atoms with Gasteiger partial charge in [0.05, 0.1) is 16.6 Å². The summed E-state index contributed by atoms with van der Waals surface area (Å²) in [6, 6.07) is 0.926. The molecule has 1 atom stereocenters. The van der Waals surface area contributed by atoms with Crippen molar-refractivity contribution < 1.29 is 18.0 Å². The zero-order valence-corrected chi connectivity index (χ0v) is 11.2. The van der Waals surface area contributed by atoms with Gasteiger partial charge in [0, 0.05) is 12.1 Å². The first-order valence-corrected chi connectivity index (χ1v) is 5.89. The number of nitrogens with two attached hydrogens (primary N) is 1. The molecular formula is C12H13F3N2OS. The fraction of sp³-hybridized carbons (Fsp3) is 0.333. The Morgan fingerprint density at radius 3 is 2.21 bits per heavy atom. The first-order valence-electron chi connectivity index (χ1n) is 5.48. The van der Waals surface area contributed by atoms with Gasteiger partial charge in [0.2, 0.25) is 5.91 Å². The van der Waals surface area contributed by atoms with Gasteiger partial charge in [-0.1, -0.05) is 26.1 Å². The molecule has 0 aliphatic rings. The lowest BCUT2D eigenvalue weighted by Gasteiger charge is -2.19. The minimum atomic E-state index is -1.33. The van der Waals surface area contributed by atoms with Gasteiger partial charge in [0.1, 0.15) is 5.82 Å². The van der Waals surface area contributed by atoms with Crippen LogP contribution in [0.5, 0.6) is 0 Å². The molecular weight excluding hydrogens is 277 g/mol. The van der Waals surface area contributed by atoms with Gasteiger partial charge in [-0.05, 0) is 5.92 Å². The van der Waals surface area contributed by atoms with Crippen LogP contribution in [-0.4, -0.2) is 10.9 Å². The van der Waals surface area contributed by atoms with Crippen LogP contribution in [0.3, 0.4) is 0 Å². The van der Waals surface area contributed by atoms with E-state index in [0.29, 0.717) is 12.1 Å². The maximum absolute atomic E-state index is 13.4. The fourth-order valence-electron chi connectivity index (χ4n) is 1.59. The first kappa shape index (κ1) is 15.4. The highest BCUT2D eigenvalue weighted by atomic mass is 32.1. The van der Waals surface area contributed by atoms with Crippen molar-refractivity contribution in [1.29, 1.82) is 0 Å². The maximum Gasteiger partial charge on any atom is 0.234 e. The fourth-order valence-corrected chi connectivity index (χ4v) is 1.97. The summed E-state index contributed by atoms with van der Waals surface area (Å²) in [5.41, 5.74) is 4.97. The molecule has 1 aromatic rings. The Morgan fingerprint density at radius 2 is 1.74 bits per heavy atom. The van der Waals surface area contributed by atoms with Gasteiger partial charge >= 0.3 is 0 Å².